The van der Waals surface area contributed by atoms with E-state index in [2.05, 4.69) is 18.7 Å². The van der Waals surface area contributed by atoms with Crippen molar-refractivity contribution in [2.75, 3.05) is 26.2 Å². The van der Waals surface area contributed by atoms with E-state index in [1.54, 1.807) is 6.26 Å². The highest BCUT2D eigenvalue weighted by Gasteiger charge is 2.36. The van der Waals surface area contributed by atoms with Crippen LogP contribution in [0.3, 0.4) is 0 Å². The Kier molecular flexibility index (Phi) is 7.05. The van der Waals surface area contributed by atoms with Crippen molar-refractivity contribution >= 4 is 5.91 Å². The van der Waals surface area contributed by atoms with Crippen LogP contribution in [-0.4, -0.2) is 41.9 Å². The molecule has 0 spiro atoms. The van der Waals surface area contributed by atoms with Gasteiger partial charge < -0.3 is 9.32 Å². The summed E-state index contributed by atoms with van der Waals surface area (Å²) in [6, 6.07) is 20.2. The molecule has 4 rings (SSSR count). The van der Waals surface area contributed by atoms with Crippen LogP contribution in [0.25, 0.3) is 0 Å². The molecule has 2 atom stereocenters. The van der Waals surface area contributed by atoms with Gasteiger partial charge in [0.15, 0.2) is 0 Å². The van der Waals surface area contributed by atoms with E-state index in [1.165, 1.54) is 12.1 Å². The van der Waals surface area contributed by atoms with E-state index in [4.69, 9.17) is 4.42 Å². The van der Waals surface area contributed by atoms with Crippen molar-refractivity contribution in [2.24, 2.45) is 11.8 Å². The number of carbonyl (C=O) groups excluding carboxylic acids is 1. The van der Waals surface area contributed by atoms with Crippen LogP contribution < -0.4 is 0 Å². The Morgan fingerprint density at radius 3 is 2.47 bits per heavy atom. The Morgan fingerprint density at radius 1 is 1.06 bits per heavy atom. The summed E-state index contributed by atoms with van der Waals surface area (Å²) < 4.78 is 19.1. The highest BCUT2D eigenvalue weighted by atomic mass is 19.1. The zero-order valence-electron chi connectivity index (χ0n) is 18.8. The fourth-order valence-corrected chi connectivity index (χ4v) is 4.71. The highest BCUT2D eigenvalue weighted by Crippen LogP contribution is 2.34. The number of rotatable bonds is 8. The lowest BCUT2D eigenvalue weighted by Crippen LogP contribution is -2.39. The fraction of sp³-hybridized carbons (Fsp3) is 0.370. The molecule has 1 aliphatic rings. The minimum Gasteiger partial charge on any atom is -0.468 e. The standard InChI is InChI=1S/C27H31FN2O2/c1-20(2)15-30(27(31)22-7-4-3-5-8-22)17-23-16-29(18-25-9-6-14-32-25)19-26(23)21-10-12-24(28)13-11-21/h3-14,20,23,26H,15-19H2,1-2H3/t23-,26-/m1/s1. The third-order valence-electron chi connectivity index (χ3n) is 6.12. The van der Waals surface area contributed by atoms with Crippen molar-refractivity contribution in [2.45, 2.75) is 26.3 Å². The van der Waals surface area contributed by atoms with E-state index >= 15 is 0 Å². The molecule has 1 aromatic heterocycles. The SMILES string of the molecule is CC(C)CN(C[C@H]1CN(Cc2ccco2)C[C@@H]1c1ccc(F)cc1)C(=O)c1ccccc1. The number of halogens is 1. The Hall–Kier alpha value is -2.92. The molecule has 1 saturated heterocycles. The molecule has 0 bridgehead atoms. The van der Waals surface area contributed by atoms with E-state index in [0.29, 0.717) is 19.0 Å². The summed E-state index contributed by atoms with van der Waals surface area (Å²) in [5.74, 6) is 1.62. The first-order chi connectivity index (χ1) is 15.5. The van der Waals surface area contributed by atoms with Gasteiger partial charge >= 0.3 is 0 Å². The first-order valence-electron chi connectivity index (χ1n) is 11.3. The molecule has 32 heavy (non-hydrogen) atoms. The Bertz CT molecular complexity index is 986. The number of furan rings is 1. The summed E-state index contributed by atoms with van der Waals surface area (Å²) in [6.45, 7) is 8.10. The highest BCUT2D eigenvalue weighted by molar-refractivity contribution is 5.94. The second-order valence-corrected chi connectivity index (χ2v) is 9.16. The van der Waals surface area contributed by atoms with E-state index in [1.807, 2.05) is 59.5 Å². The largest absolute Gasteiger partial charge is 0.468 e. The number of hydrogen-bond donors (Lipinski definition) is 0. The van der Waals surface area contributed by atoms with Gasteiger partial charge in [-0.25, -0.2) is 4.39 Å². The molecule has 5 heteroatoms. The number of amides is 1. The summed E-state index contributed by atoms with van der Waals surface area (Å²) in [5.41, 5.74) is 1.84. The van der Waals surface area contributed by atoms with Crippen LogP contribution in [-0.2, 0) is 6.54 Å². The molecule has 0 saturated carbocycles. The predicted octanol–water partition coefficient (Wildman–Crippen LogP) is 5.43. The first kappa shape index (κ1) is 22.3. The molecule has 1 amide bonds. The van der Waals surface area contributed by atoms with E-state index in [0.717, 1.165) is 36.5 Å². The third kappa shape index (κ3) is 5.46. The molecule has 3 aromatic rings. The normalized spacial score (nSPS) is 18.9. The molecule has 168 valence electrons. The van der Waals surface area contributed by atoms with Crippen molar-refractivity contribution in [3.63, 3.8) is 0 Å². The van der Waals surface area contributed by atoms with Gasteiger partial charge in [-0.3, -0.25) is 9.69 Å². The van der Waals surface area contributed by atoms with Crippen LogP contribution in [0, 0.1) is 17.7 Å². The number of carbonyl (C=O) groups is 1. The van der Waals surface area contributed by atoms with Crippen LogP contribution in [0.5, 0.6) is 0 Å². The van der Waals surface area contributed by atoms with Gasteiger partial charge in [0.2, 0.25) is 0 Å². The summed E-state index contributed by atoms with van der Waals surface area (Å²) in [5, 5.41) is 0. The minimum absolute atomic E-state index is 0.0710. The summed E-state index contributed by atoms with van der Waals surface area (Å²) in [4.78, 5) is 17.7. The molecule has 0 N–H and O–H groups in total. The van der Waals surface area contributed by atoms with E-state index < -0.39 is 0 Å². The minimum atomic E-state index is -0.226. The molecule has 2 heterocycles. The van der Waals surface area contributed by atoms with E-state index in [9.17, 15) is 9.18 Å². The zero-order chi connectivity index (χ0) is 22.5. The van der Waals surface area contributed by atoms with Crippen molar-refractivity contribution in [3.8, 4) is 0 Å². The number of benzene rings is 2. The number of hydrogen-bond acceptors (Lipinski definition) is 3. The predicted molar refractivity (Wildman–Crippen MR) is 124 cm³/mol. The number of nitrogens with zero attached hydrogens (tertiary/aromatic N) is 2. The Labute approximate surface area is 189 Å². The topological polar surface area (TPSA) is 36.7 Å². The van der Waals surface area contributed by atoms with Gasteiger partial charge in [0.1, 0.15) is 11.6 Å². The summed E-state index contributed by atoms with van der Waals surface area (Å²) >= 11 is 0. The van der Waals surface area contributed by atoms with Crippen LogP contribution in [0.15, 0.2) is 77.4 Å². The lowest BCUT2D eigenvalue weighted by atomic mass is 9.88. The quantitative estimate of drug-likeness (QED) is 0.474. The zero-order valence-corrected chi connectivity index (χ0v) is 18.8. The summed E-state index contributed by atoms with van der Waals surface area (Å²) in [7, 11) is 0. The molecule has 4 nitrogen and oxygen atoms in total. The number of likely N-dealkylation sites (tertiary alicyclic amines) is 1. The Balaban J connectivity index is 1.57. The van der Waals surface area contributed by atoms with Gasteiger partial charge in [-0.1, -0.05) is 44.2 Å². The maximum Gasteiger partial charge on any atom is 0.253 e. The van der Waals surface area contributed by atoms with Crippen LogP contribution in [0.4, 0.5) is 4.39 Å². The third-order valence-corrected chi connectivity index (χ3v) is 6.12. The van der Waals surface area contributed by atoms with Gasteiger partial charge in [0.25, 0.3) is 5.91 Å². The maximum absolute atomic E-state index is 13.6. The van der Waals surface area contributed by atoms with Gasteiger partial charge in [0.05, 0.1) is 12.8 Å². The molecule has 0 unspecified atom stereocenters. The molecule has 2 aromatic carbocycles. The van der Waals surface area contributed by atoms with Gasteiger partial charge in [0, 0.05) is 37.7 Å². The van der Waals surface area contributed by atoms with Crippen molar-refractivity contribution in [1.29, 1.82) is 0 Å². The van der Waals surface area contributed by atoms with E-state index in [-0.39, 0.29) is 23.6 Å². The van der Waals surface area contributed by atoms with Gasteiger partial charge in [-0.15, -0.1) is 0 Å². The second-order valence-electron chi connectivity index (χ2n) is 9.16. The monoisotopic (exact) mass is 434 g/mol. The van der Waals surface area contributed by atoms with Crippen molar-refractivity contribution in [1.82, 2.24) is 9.80 Å². The molecule has 1 fully saturated rings. The molecule has 0 aliphatic carbocycles. The van der Waals surface area contributed by atoms with Gasteiger partial charge in [-0.2, -0.15) is 0 Å². The summed E-state index contributed by atoms with van der Waals surface area (Å²) in [6.07, 6.45) is 1.70. The molecular weight excluding hydrogens is 403 g/mol. The van der Waals surface area contributed by atoms with Crippen molar-refractivity contribution in [3.05, 3.63) is 95.7 Å². The molecule has 1 aliphatic heterocycles. The fourth-order valence-electron chi connectivity index (χ4n) is 4.71. The Morgan fingerprint density at radius 2 is 1.81 bits per heavy atom. The van der Waals surface area contributed by atoms with Crippen molar-refractivity contribution < 1.29 is 13.6 Å². The average Bonchev–Trinajstić information content (AvgIpc) is 3.44. The average molecular weight is 435 g/mol. The molecule has 0 radical (unpaired) electrons. The van der Waals surface area contributed by atoms with Gasteiger partial charge in [-0.05, 0) is 53.8 Å². The molecular formula is C27H31FN2O2. The lowest BCUT2D eigenvalue weighted by molar-refractivity contribution is 0.0703. The smallest absolute Gasteiger partial charge is 0.253 e. The maximum atomic E-state index is 13.6. The first-order valence-corrected chi connectivity index (χ1v) is 11.3. The van der Waals surface area contributed by atoms with Crippen LogP contribution >= 0.6 is 0 Å². The van der Waals surface area contributed by atoms with Crippen LogP contribution in [0.2, 0.25) is 0 Å². The second kappa shape index (κ2) is 10.1. The van der Waals surface area contributed by atoms with Crippen LogP contribution in [0.1, 0.15) is 41.4 Å². The lowest BCUT2D eigenvalue weighted by Gasteiger charge is -2.30.